The van der Waals surface area contributed by atoms with Crippen LogP contribution in [-0.2, 0) is 0 Å². The molecule has 0 aliphatic heterocycles. The first-order valence-electron chi connectivity index (χ1n) is 5.45. The molecule has 3 rings (SSSR count). The van der Waals surface area contributed by atoms with Gasteiger partial charge in [0.15, 0.2) is 5.82 Å². The van der Waals surface area contributed by atoms with E-state index in [2.05, 4.69) is 26.1 Å². The molecule has 0 radical (unpaired) electrons. The van der Waals surface area contributed by atoms with E-state index in [-0.39, 0.29) is 0 Å². The van der Waals surface area contributed by atoms with E-state index >= 15 is 0 Å². The summed E-state index contributed by atoms with van der Waals surface area (Å²) in [5, 5.41) is 3.99. The highest BCUT2D eigenvalue weighted by molar-refractivity contribution is 9.10. The summed E-state index contributed by atoms with van der Waals surface area (Å²) in [7, 11) is 1.64. The van der Waals surface area contributed by atoms with Gasteiger partial charge < -0.3 is 9.26 Å². The Bertz CT molecular complexity index is 549. The van der Waals surface area contributed by atoms with Crippen molar-refractivity contribution < 1.29 is 9.26 Å². The quantitative estimate of drug-likeness (QED) is 0.871. The number of rotatable bonds is 3. The standard InChI is InChI=1S/C12H11BrN2O2/c1-16-10-5-4-8(6-9(10)13)12-14-11(15-17-12)7-2-3-7/h4-7H,2-3H2,1H3. The predicted octanol–water partition coefficient (Wildman–Crippen LogP) is 3.39. The number of aromatic nitrogens is 2. The minimum absolute atomic E-state index is 0.509. The van der Waals surface area contributed by atoms with Gasteiger partial charge in [-0.1, -0.05) is 5.16 Å². The van der Waals surface area contributed by atoms with Gasteiger partial charge in [-0.15, -0.1) is 0 Å². The number of methoxy groups -OCH3 is 1. The lowest BCUT2D eigenvalue weighted by atomic mass is 10.2. The maximum Gasteiger partial charge on any atom is 0.257 e. The fourth-order valence-corrected chi connectivity index (χ4v) is 2.20. The summed E-state index contributed by atoms with van der Waals surface area (Å²) in [5.41, 5.74) is 0.900. The first kappa shape index (κ1) is 10.8. The van der Waals surface area contributed by atoms with Gasteiger partial charge in [0.1, 0.15) is 5.75 Å². The van der Waals surface area contributed by atoms with Crippen LogP contribution in [0.3, 0.4) is 0 Å². The molecule has 0 spiro atoms. The second-order valence-electron chi connectivity index (χ2n) is 4.08. The highest BCUT2D eigenvalue weighted by Crippen LogP contribution is 2.39. The number of hydrogen-bond donors (Lipinski definition) is 0. The molecule has 1 aliphatic carbocycles. The van der Waals surface area contributed by atoms with Gasteiger partial charge in [0.25, 0.3) is 5.89 Å². The van der Waals surface area contributed by atoms with Crippen LogP contribution in [0.15, 0.2) is 27.2 Å². The molecule has 2 aromatic rings. The maximum absolute atomic E-state index is 5.26. The topological polar surface area (TPSA) is 48.2 Å². The normalized spacial score (nSPS) is 14.9. The summed E-state index contributed by atoms with van der Waals surface area (Å²) in [4.78, 5) is 4.40. The predicted molar refractivity (Wildman–Crippen MR) is 66.0 cm³/mol. The van der Waals surface area contributed by atoms with E-state index in [0.29, 0.717) is 11.8 Å². The number of benzene rings is 1. The lowest BCUT2D eigenvalue weighted by Crippen LogP contribution is -1.86. The van der Waals surface area contributed by atoms with Crippen molar-refractivity contribution in [2.24, 2.45) is 0 Å². The zero-order valence-corrected chi connectivity index (χ0v) is 10.9. The van der Waals surface area contributed by atoms with Crippen molar-refractivity contribution in [1.82, 2.24) is 10.1 Å². The molecular weight excluding hydrogens is 284 g/mol. The third kappa shape index (κ3) is 2.07. The summed E-state index contributed by atoms with van der Waals surface area (Å²) < 4.78 is 11.3. The number of halogens is 1. The summed E-state index contributed by atoms with van der Waals surface area (Å²) in [6.45, 7) is 0. The minimum atomic E-state index is 0.509. The zero-order chi connectivity index (χ0) is 11.8. The first-order valence-corrected chi connectivity index (χ1v) is 6.25. The van der Waals surface area contributed by atoms with E-state index in [9.17, 15) is 0 Å². The van der Waals surface area contributed by atoms with Crippen molar-refractivity contribution in [3.05, 3.63) is 28.5 Å². The second-order valence-corrected chi connectivity index (χ2v) is 4.94. The first-order chi connectivity index (χ1) is 8.28. The van der Waals surface area contributed by atoms with E-state index in [1.54, 1.807) is 7.11 Å². The summed E-state index contributed by atoms with van der Waals surface area (Å²) in [6.07, 6.45) is 2.34. The fourth-order valence-electron chi connectivity index (χ4n) is 1.66. The zero-order valence-electron chi connectivity index (χ0n) is 9.31. The molecule has 0 amide bonds. The van der Waals surface area contributed by atoms with Crippen LogP contribution in [0.25, 0.3) is 11.5 Å². The van der Waals surface area contributed by atoms with Gasteiger partial charge >= 0.3 is 0 Å². The van der Waals surface area contributed by atoms with E-state index in [4.69, 9.17) is 9.26 Å². The molecule has 0 N–H and O–H groups in total. The summed E-state index contributed by atoms with van der Waals surface area (Å²) in [5.74, 6) is 2.69. The molecular formula is C12H11BrN2O2. The molecule has 0 unspecified atom stereocenters. The van der Waals surface area contributed by atoms with Crippen molar-refractivity contribution in [1.29, 1.82) is 0 Å². The Balaban J connectivity index is 1.93. The average molecular weight is 295 g/mol. The smallest absolute Gasteiger partial charge is 0.257 e. The van der Waals surface area contributed by atoms with Crippen LogP contribution in [0.4, 0.5) is 0 Å². The van der Waals surface area contributed by atoms with Gasteiger partial charge in [0, 0.05) is 11.5 Å². The summed E-state index contributed by atoms with van der Waals surface area (Å²) >= 11 is 3.44. The Labute approximate surface area is 107 Å². The van der Waals surface area contributed by atoms with E-state index in [1.807, 2.05) is 18.2 Å². The minimum Gasteiger partial charge on any atom is -0.496 e. The van der Waals surface area contributed by atoms with Gasteiger partial charge in [-0.2, -0.15) is 4.98 Å². The van der Waals surface area contributed by atoms with Gasteiger partial charge in [0.2, 0.25) is 0 Å². The lowest BCUT2D eigenvalue weighted by molar-refractivity contribution is 0.411. The van der Waals surface area contributed by atoms with Crippen molar-refractivity contribution in [3.8, 4) is 17.2 Å². The van der Waals surface area contributed by atoms with Gasteiger partial charge in [-0.25, -0.2) is 0 Å². The molecule has 1 aromatic heterocycles. The third-order valence-corrected chi connectivity index (χ3v) is 3.40. The average Bonchev–Trinajstić information content (AvgIpc) is 3.07. The van der Waals surface area contributed by atoms with Crippen molar-refractivity contribution >= 4 is 15.9 Å². The van der Waals surface area contributed by atoms with Crippen LogP contribution in [0.5, 0.6) is 5.75 Å². The van der Waals surface area contributed by atoms with Crippen molar-refractivity contribution in [3.63, 3.8) is 0 Å². The van der Waals surface area contributed by atoms with Crippen LogP contribution >= 0.6 is 15.9 Å². The second kappa shape index (κ2) is 4.14. The Morgan fingerprint density at radius 1 is 1.41 bits per heavy atom. The van der Waals surface area contributed by atoms with Crippen LogP contribution in [0, 0.1) is 0 Å². The number of nitrogens with zero attached hydrogens (tertiary/aromatic N) is 2. The molecule has 17 heavy (non-hydrogen) atoms. The Morgan fingerprint density at radius 3 is 2.88 bits per heavy atom. The fraction of sp³-hybridized carbons (Fsp3) is 0.333. The van der Waals surface area contributed by atoms with Crippen LogP contribution in [-0.4, -0.2) is 17.3 Å². The molecule has 0 saturated heterocycles. The molecule has 1 aromatic carbocycles. The maximum atomic E-state index is 5.26. The molecule has 1 aliphatic rings. The molecule has 4 nitrogen and oxygen atoms in total. The van der Waals surface area contributed by atoms with Gasteiger partial charge in [0.05, 0.1) is 11.6 Å². The SMILES string of the molecule is COc1ccc(-c2nc(C3CC3)no2)cc1Br. The van der Waals surface area contributed by atoms with E-state index in [0.717, 1.165) is 21.6 Å². The number of hydrogen-bond acceptors (Lipinski definition) is 4. The Hall–Kier alpha value is -1.36. The highest BCUT2D eigenvalue weighted by Gasteiger charge is 2.29. The molecule has 5 heteroatoms. The molecule has 1 heterocycles. The molecule has 1 fully saturated rings. The van der Waals surface area contributed by atoms with Crippen molar-refractivity contribution in [2.45, 2.75) is 18.8 Å². The summed E-state index contributed by atoms with van der Waals surface area (Å²) in [6, 6.07) is 5.71. The van der Waals surface area contributed by atoms with Gasteiger partial charge in [-0.3, -0.25) is 0 Å². The molecule has 1 saturated carbocycles. The largest absolute Gasteiger partial charge is 0.496 e. The molecule has 0 atom stereocenters. The molecule has 0 bridgehead atoms. The monoisotopic (exact) mass is 294 g/mol. The van der Waals surface area contributed by atoms with Crippen LogP contribution in [0.2, 0.25) is 0 Å². The highest BCUT2D eigenvalue weighted by atomic mass is 79.9. The lowest BCUT2D eigenvalue weighted by Gasteiger charge is -2.03. The van der Waals surface area contributed by atoms with Crippen LogP contribution < -0.4 is 4.74 Å². The van der Waals surface area contributed by atoms with E-state index < -0.39 is 0 Å². The number of ether oxygens (including phenoxy) is 1. The van der Waals surface area contributed by atoms with Crippen molar-refractivity contribution in [2.75, 3.05) is 7.11 Å². The van der Waals surface area contributed by atoms with Crippen LogP contribution in [0.1, 0.15) is 24.6 Å². The van der Waals surface area contributed by atoms with E-state index in [1.165, 1.54) is 12.8 Å². The Kier molecular flexibility index (Phi) is 2.63. The van der Waals surface area contributed by atoms with Gasteiger partial charge in [-0.05, 0) is 47.0 Å². The molecule has 88 valence electrons. The third-order valence-electron chi connectivity index (χ3n) is 2.78. The Morgan fingerprint density at radius 2 is 2.24 bits per heavy atom.